The SMILES string of the molecule is C[C@H](Oc1cccc(F)c1)C(=O)Nc1ccccc1-c1ccccc1. The second kappa shape index (κ2) is 7.62. The topological polar surface area (TPSA) is 38.3 Å². The lowest BCUT2D eigenvalue weighted by atomic mass is 10.0. The number of ether oxygens (including phenoxy) is 1. The molecular weight excluding hydrogens is 317 g/mol. The zero-order valence-electron chi connectivity index (χ0n) is 13.8. The summed E-state index contributed by atoms with van der Waals surface area (Å²) in [7, 11) is 0. The number of halogens is 1. The first-order valence-electron chi connectivity index (χ1n) is 8.01. The van der Waals surface area contributed by atoms with Crippen LogP contribution in [0.3, 0.4) is 0 Å². The van der Waals surface area contributed by atoms with Crippen molar-refractivity contribution in [1.29, 1.82) is 0 Å². The van der Waals surface area contributed by atoms with Gasteiger partial charge in [-0.2, -0.15) is 0 Å². The molecule has 3 nitrogen and oxygen atoms in total. The number of rotatable bonds is 5. The van der Waals surface area contributed by atoms with E-state index in [4.69, 9.17) is 4.74 Å². The normalized spacial score (nSPS) is 11.6. The number of amides is 1. The molecule has 3 aromatic rings. The lowest BCUT2D eigenvalue weighted by molar-refractivity contribution is -0.122. The number of carbonyl (C=O) groups excluding carboxylic acids is 1. The second-order valence-electron chi connectivity index (χ2n) is 5.62. The van der Waals surface area contributed by atoms with Crippen LogP contribution in [-0.2, 0) is 4.79 Å². The molecule has 0 saturated carbocycles. The zero-order valence-corrected chi connectivity index (χ0v) is 13.8. The molecule has 0 heterocycles. The van der Waals surface area contributed by atoms with E-state index in [-0.39, 0.29) is 5.91 Å². The third-order valence-corrected chi connectivity index (χ3v) is 3.75. The molecular formula is C21H18FNO2. The number of nitrogens with one attached hydrogen (secondary N) is 1. The minimum Gasteiger partial charge on any atom is -0.481 e. The molecule has 0 bridgehead atoms. The molecule has 3 rings (SSSR count). The lowest BCUT2D eigenvalue weighted by Crippen LogP contribution is -2.30. The summed E-state index contributed by atoms with van der Waals surface area (Å²) in [6.07, 6.45) is -0.759. The summed E-state index contributed by atoms with van der Waals surface area (Å²) in [6.45, 7) is 1.63. The van der Waals surface area contributed by atoms with Crippen LogP contribution in [0.2, 0.25) is 0 Å². The minimum atomic E-state index is -0.759. The van der Waals surface area contributed by atoms with E-state index in [2.05, 4.69) is 5.32 Å². The number of benzene rings is 3. The van der Waals surface area contributed by atoms with Gasteiger partial charge < -0.3 is 10.1 Å². The Morgan fingerprint density at radius 3 is 2.44 bits per heavy atom. The fraction of sp³-hybridized carbons (Fsp3) is 0.0952. The third-order valence-electron chi connectivity index (χ3n) is 3.75. The smallest absolute Gasteiger partial charge is 0.265 e. The molecule has 1 atom stereocenters. The maximum absolute atomic E-state index is 13.2. The van der Waals surface area contributed by atoms with Crippen LogP contribution < -0.4 is 10.1 Å². The number of hydrogen-bond acceptors (Lipinski definition) is 2. The molecule has 0 aliphatic heterocycles. The van der Waals surface area contributed by atoms with Crippen molar-refractivity contribution < 1.29 is 13.9 Å². The van der Waals surface area contributed by atoms with Gasteiger partial charge in [0.1, 0.15) is 11.6 Å². The number of carbonyl (C=O) groups is 1. The molecule has 0 aliphatic carbocycles. The Bertz CT molecular complexity index is 865. The maximum Gasteiger partial charge on any atom is 0.265 e. The van der Waals surface area contributed by atoms with E-state index in [0.717, 1.165) is 11.1 Å². The highest BCUT2D eigenvalue weighted by atomic mass is 19.1. The Hall–Kier alpha value is -3.14. The van der Waals surface area contributed by atoms with Crippen molar-refractivity contribution in [2.75, 3.05) is 5.32 Å². The van der Waals surface area contributed by atoms with E-state index < -0.39 is 11.9 Å². The van der Waals surface area contributed by atoms with Crippen LogP contribution in [0.5, 0.6) is 5.75 Å². The standard InChI is InChI=1S/C21H18FNO2/c1-15(25-18-11-7-10-17(22)14-18)21(24)23-20-13-6-5-12-19(20)16-8-3-2-4-9-16/h2-15H,1H3,(H,23,24)/t15-/m0/s1. The first kappa shape index (κ1) is 16.7. The quantitative estimate of drug-likeness (QED) is 0.720. The summed E-state index contributed by atoms with van der Waals surface area (Å²) in [4.78, 5) is 12.5. The molecule has 0 fully saturated rings. The summed E-state index contributed by atoms with van der Waals surface area (Å²) in [5.41, 5.74) is 2.64. The molecule has 0 unspecified atom stereocenters. The molecule has 0 spiro atoms. The third kappa shape index (κ3) is 4.23. The van der Waals surface area contributed by atoms with E-state index >= 15 is 0 Å². The van der Waals surface area contributed by atoms with Crippen molar-refractivity contribution in [2.24, 2.45) is 0 Å². The average Bonchev–Trinajstić information content (AvgIpc) is 2.63. The molecule has 25 heavy (non-hydrogen) atoms. The Balaban J connectivity index is 1.75. The van der Waals surface area contributed by atoms with Crippen molar-refractivity contribution in [2.45, 2.75) is 13.0 Å². The van der Waals surface area contributed by atoms with Gasteiger partial charge in [-0.1, -0.05) is 54.6 Å². The predicted molar refractivity (Wildman–Crippen MR) is 97.0 cm³/mol. The fourth-order valence-electron chi connectivity index (χ4n) is 2.49. The van der Waals surface area contributed by atoms with Gasteiger partial charge in [0.25, 0.3) is 5.91 Å². The van der Waals surface area contributed by atoms with Gasteiger partial charge in [-0.05, 0) is 30.7 Å². The molecule has 4 heteroatoms. The van der Waals surface area contributed by atoms with Gasteiger partial charge in [-0.3, -0.25) is 4.79 Å². The molecule has 1 amide bonds. The van der Waals surface area contributed by atoms with Crippen molar-refractivity contribution in [3.8, 4) is 16.9 Å². The van der Waals surface area contributed by atoms with E-state index in [9.17, 15) is 9.18 Å². The Labute approximate surface area is 146 Å². The van der Waals surface area contributed by atoms with Crippen molar-refractivity contribution in [1.82, 2.24) is 0 Å². The summed E-state index contributed by atoms with van der Waals surface area (Å²) in [5, 5.41) is 2.89. The van der Waals surface area contributed by atoms with Crippen LogP contribution in [0.4, 0.5) is 10.1 Å². The van der Waals surface area contributed by atoms with Gasteiger partial charge in [0.15, 0.2) is 6.10 Å². The monoisotopic (exact) mass is 335 g/mol. The number of anilines is 1. The molecule has 0 saturated heterocycles. The summed E-state index contributed by atoms with van der Waals surface area (Å²) < 4.78 is 18.7. The van der Waals surface area contributed by atoms with Crippen molar-refractivity contribution in [3.63, 3.8) is 0 Å². The van der Waals surface area contributed by atoms with Crippen LogP contribution in [-0.4, -0.2) is 12.0 Å². The van der Waals surface area contributed by atoms with Crippen molar-refractivity contribution in [3.05, 3.63) is 84.7 Å². The van der Waals surface area contributed by atoms with Crippen LogP contribution in [0.15, 0.2) is 78.9 Å². The molecule has 0 radical (unpaired) electrons. The Morgan fingerprint density at radius 2 is 1.68 bits per heavy atom. The van der Waals surface area contributed by atoms with E-state index in [1.54, 1.807) is 19.1 Å². The van der Waals surface area contributed by atoms with Gasteiger partial charge in [0, 0.05) is 17.3 Å². The summed E-state index contributed by atoms with van der Waals surface area (Å²) in [5.74, 6) is -0.383. The first-order valence-corrected chi connectivity index (χ1v) is 8.01. The van der Waals surface area contributed by atoms with E-state index in [1.807, 2.05) is 54.6 Å². The lowest BCUT2D eigenvalue weighted by Gasteiger charge is -2.16. The van der Waals surface area contributed by atoms with Crippen molar-refractivity contribution >= 4 is 11.6 Å². The van der Waals surface area contributed by atoms with E-state index in [1.165, 1.54) is 12.1 Å². The van der Waals surface area contributed by atoms with E-state index in [0.29, 0.717) is 11.4 Å². The molecule has 0 aliphatic rings. The minimum absolute atomic E-state index is 0.298. The van der Waals surface area contributed by atoms with Gasteiger partial charge in [-0.25, -0.2) is 4.39 Å². The van der Waals surface area contributed by atoms with Gasteiger partial charge >= 0.3 is 0 Å². The molecule has 3 aromatic carbocycles. The first-order chi connectivity index (χ1) is 12.1. The summed E-state index contributed by atoms with van der Waals surface area (Å²) in [6, 6.07) is 23.1. The largest absolute Gasteiger partial charge is 0.481 e. The number of para-hydroxylation sites is 1. The Kier molecular flexibility index (Phi) is 5.09. The highest BCUT2D eigenvalue weighted by Gasteiger charge is 2.16. The molecule has 0 aromatic heterocycles. The van der Waals surface area contributed by atoms with Crippen LogP contribution in [0, 0.1) is 5.82 Å². The molecule has 126 valence electrons. The second-order valence-corrected chi connectivity index (χ2v) is 5.62. The van der Waals surface area contributed by atoms with Gasteiger partial charge in [0.2, 0.25) is 0 Å². The van der Waals surface area contributed by atoms with Crippen LogP contribution in [0.1, 0.15) is 6.92 Å². The fourth-order valence-corrected chi connectivity index (χ4v) is 2.49. The average molecular weight is 335 g/mol. The van der Waals surface area contributed by atoms with Crippen LogP contribution >= 0.6 is 0 Å². The highest BCUT2D eigenvalue weighted by Crippen LogP contribution is 2.27. The van der Waals surface area contributed by atoms with Gasteiger partial charge in [0.05, 0.1) is 0 Å². The Morgan fingerprint density at radius 1 is 0.960 bits per heavy atom. The number of hydrogen-bond donors (Lipinski definition) is 1. The molecule has 1 N–H and O–H groups in total. The summed E-state index contributed by atoms with van der Waals surface area (Å²) >= 11 is 0. The maximum atomic E-state index is 13.2. The van der Waals surface area contributed by atoms with Crippen LogP contribution in [0.25, 0.3) is 11.1 Å². The van der Waals surface area contributed by atoms with Gasteiger partial charge in [-0.15, -0.1) is 0 Å². The highest BCUT2D eigenvalue weighted by molar-refractivity contribution is 5.97. The zero-order chi connectivity index (χ0) is 17.6. The predicted octanol–water partition coefficient (Wildman–Crippen LogP) is 4.90.